The van der Waals surface area contributed by atoms with Crippen molar-refractivity contribution in [2.24, 2.45) is 0 Å². The summed E-state index contributed by atoms with van der Waals surface area (Å²) in [5.74, 6) is -0.200. The summed E-state index contributed by atoms with van der Waals surface area (Å²) in [4.78, 5) is 32.8. The number of carbonyl (C=O) groups is 2. The second-order valence-corrected chi connectivity index (χ2v) is 19.0. The molecule has 1 fully saturated rings. The van der Waals surface area contributed by atoms with Gasteiger partial charge in [0.05, 0.1) is 26.2 Å². The molecule has 0 amide bonds. The number of β-amino-alcohol motifs (C(OH)–C–C–N with tert-alkyl or cyclic N) is 1. The van der Waals surface area contributed by atoms with E-state index in [2.05, 4.69) is 49.3 Å². The SMILES string of the molecule is CCCCCCCCCCCOC(=O)CCCCCN(CCCCOC(=O)CCC(OCCCCCCCC)OCCCCCCCC)CCCCN1CC(C)N(CCO)CC1C. The summed E-state index contributed by atoms with van der Waals surface area (Å²) in [5, 5.41) is 9.46. The Bertz CT molecular complexity index is 988. The topological polar surface area (TPSA) is 101 Å². The van der Waals surface area contributed by atoms with E-state index in [0.29, 0.717) is 57.8 Å². The molecule has 0 radical (unpaired) electrons. The Morgan fingerprint density at radius 1 is 0.492 bits per heavy atom. The van der Waals surface area contributed by atoms with Crippen LogP contribution in [-0.2, 0) is 28.5 Å². The van der Waals surface area contributed by atoms with Gasteiger partial charge in [-0.2, -0.15) is 0 Å². The highest BCUT2D eigenvalue weighted by Crippen LogP contribution is 2.17. The van der Waals surface area contributed by atoms with E-state index in [-0.39, 0.29) is 24.8 Å². The molecular weight excluding hydrogens is 791 g/mol. The molecule has 1 aliphatic heterocycles. The van der Waals surface area contributed by atoms with Gasteiger partial charge in [0.1, 0.15) is 0 Å². The third-order valence-corrected chi connectivity index (χ3v) is 13.0. The van der Waals surface area contributed by atoms with Crippen molar-refractivity contribution in [1.29, 1.82) is 0 Å². The summed E-state index contributed by atoms with van der Waals surface area (Å²) in [6.07, 6.45) is 34.3. The van der Waals surface area contributed by atoms with Gasteiger partial charge in [0.15, 0.2) is 6.29 Å². The van der Waals surface area contributed by atoms with Crippen molar-refractivity contribution >= 4 is 11.9 Å². The molecule has 2 unspecified atom stereocenters. The first kappa shape index (κ1) is 59.7. The lowest BCUT2D eigenvalue weighted by molar-refractivity contribution is -0.159. The van der Waals surface area contributed by atoms with Crippen molar-refractivity contribution in [1.82, 2.24) is 14.7 Å². The number of esters is 2. The van der Waals surface area contributed by atoms with E-state index in [1.807, 2.05) is 0 Å². The predicted octanol–water partition coefficient (Wildman–Crippen LogP) is 12.3. The fourth-order valence-corrected chi connectivity index (χ4v) is 8.80. The van der Waals surface area contributed by atoms with Crippen molar-refractivity contribution in [3.8, 4) is 0 Å². The van der Waals surface area contributed by atoms with Gasteiger partial charge in [-0.1, -0.05) is 143 Å². The van der Waals surface area contributed by atoms with Gasteiger partial charge in [-0.25, -0.2) is 0 Å². The van der Waals surface area contributed by atoms with Crippen LogP contribution in [0.2, 0.25) is 0 Å². The van der Waals surface area contributed by atoms with E-state index < -0.39 is 0 Å². The van der Waals surface area contributed by atoms with Crippen LogP contribution in [0.15, 0.2) is 0 Å². The standard InChI is InChI=1S/C53H105N3O7/c1-6-9-12-15-18-19-20-23-30-43-60-51(58)34-25-24-26-37-54(38-27-28-40-55-47-50(5)56(41-42-57)48-49(55)4)39-29-33-44-61-52(59)35-36-53(62-45-31-21-16-13-10-7-2)63-46-32-22-17-14-11-8-3/h49-50,53,57H,6-48H2,1-5H3. The molecule has 0 bridgehead atoms. The highest BCUT2D eigenvalue weighted by molar-refractivity contribution is 5.69. The number of unbranched alkanes of at least 4 members (excludes halogenated alkanes) is 22. The molecule has 1 saturated heterocycles. The van der Waals surface area contributed by atoms with Crippen LogP contribution in [0, 0.1) is 0 Å². The molecule has 374 valence electrons. The number of rotatable bonds is 47. The zero-order chi connectivity index (χ0) is 45.9. The monoisotopic (exact) mass is 896 g/mol. The van der Waals surface area contributed by atoms with E-state index in [4.69, 9.17) is 18.9 Å². The molecule has 10 heteroatoms. The summed E-state index contributed by atoms with van der Waals surface area (Å²) >= 11 is 0. The van der Waals surface area contributed by atoms with E-state index in [1.165, 1.54) is 116 Å². The van der Waals surface area contributed by atoms with Crippen LogP contribution in [0.5, 0.6) is 0 Å². The van der Waals surface area contributed by atoms with Crippen LogP contribution in [0.1, 0.15) is 234 Å². The van der Waals surface area contributed by atoms with Gasteiger partial charge >= 0.3 is 11.9 Å². The first-order chi connectivity index (χ1) is 30.8. The number of aliphatic hydroxyl groups is 1. The molecular formula is C53H105N3O7. The molecule has 63 heavy (non-hydrogen) atoms. The third-order valence-electron chi connectivity index (χ3n) is 13.0. The van der Waals surface area contributed by atoms with Crippen LogP contribution < -0.4 is 0 Å². The quantitative estimate of drug-likeness (QED) is 0.0361. The fourth-order valence-electron chi connectivity index (χ4n) is 8.80. The van der Waals surface area contributed by atoms with Gasteiger partial charge < -0.3 is 29.0 Å². The molecule has 0 aromatic rings. The second kappa shape index (κ2) is 44.5. The van der Waals surface area contributed by atoms with Crippen molar-refractivity contribution < 1.29 is 33.6 Å². The third kappa shape index (κ3) is 36.5. The molecule has 0 aromatic heterocycles. The van der Waals surface area contributed by atoms with Crippen LogP contribution in [0.3, 0.4) is 0 Å². The fraction of sp³-hybridized carbons (Fsp3) is 0.962. The smallest absolute Gasteiger partial charge is 0.305 e. The molecule has 10 nitrogen and oxygen atoms in total. The van der Waals surface area contributed by atoms with E-state index >= 15 is 0 Å². The van der Waals surface area contributed by atoms with Gasteiger partial charge in [-0.05, 0) is 97.8 Å². The second-order valence-electron chi connectivity index (χ2n) is 19.0. The van der Waals surface area contributed by atoms with E-state index in [9.17, 15) is 14.7 Å². The minimum absolute atomic E-state index is 0.0429. The molecule has 1 N–H and O–H groups in total. The Labute approximate surface area is 390 Å². The average molecular weight is 896 g/mol. The largest absolute Gasteiger partial charge is 0.466 e. The summed E-state index contributed by atoms with van der Waals surface area (Å²) < 4.78 is 23.5. The molecule has 0 spiro atoms. The van der Waals surface area contributed by atoms with Gasteiger partial charge in [0.2, 0.25) is 0 Å². The number of piperazine rings is 1. The normalized spacial score (nSPS) is 16.1. The molecule has 0 aromatic carbocycles. The van der Waals surface area contributed by atoms with Gasteiger partial charge in [-0.3, -0.25) is 19.4 Å². The van der Waals surface area contributed by atoms with Crippen LogP contribution in [-0.4, -0.2) is 129 Å². The maximum atomic E-state index is 12.8. The Morgan fingerprint density at radius 2 is 0.873 bits per heavy atom. The van der Waals surface area contributed by atoms with Crippen molar-refractivity contribution in [2.45, 2.75) is 252 Å². The average Bonchev–Trinajstić information content (AvgIpc) is 3.27. The van der Waals surface area contributed by atoms with Crippen LogP contribution >= 0.6 is 0 Å². The van der Waals surface area contributed by atoms with E-state index in [0.717, 1.165) is 110 Å². The first-order valence-electron chi connectivity index (χ1n) is 27.2. The predicted molar refractivity (Wildman–Crippen MR) is 263 cm³/mol. The van der Waals surface area contributed by atoms with Gasteiger partial charge in [-0.15, -0.1) is 0 Å². The highest BCUT2D eigenvalue weighted by Gasteiger charge is 2.28. The van der Waals surface area contributed by atoms with Crippen molar-refractivity contribution in [3.63, 3.8) is 0 Å². The van der Waals surface area contributed by atoms with E-state index in [1.54, 1.807) is 0 Å². The summed E-state index contributed by atoms with van der Waals surface area (Å²) in [6.45, 7) is 21.0. The maximum Gasteiger partial charge on any atom is 0.305 e. The number of hydrogen-bond donors (Lipinski definition) is 1. The lowest BCUT2D eigenvalue weighted by atomic mass is 10.1. The lowest BCUT2D eigenvalue weighted by Gasteiger charge is -2.44. The highest BCUT2D eigenvalue weighted by atomic mass is 16.7. The van der Waals surface area contributed by atoms with Crippen LogP contribution in [0.25, 0.3) is 0 Å². The Kier molecular flexibility index (Phi) is 42.2. The number of carbonyl (C=O) groups excluding carboxylic acids is 2. The Hall–Kier alpha value is -1.30. The molecule has 1 heterocycles. The van der Waals surface area contributed by atoms with Crippen molar-refractivity contribution in [2.75, 3.05) is 78.8 Å². The first-order valence-corrected chi connectivity index (χ1v) is 27.2. The number of ether oxygens (including phenoxy) is 4. The summed E-state index contributed by atoms with van der Waals surface area (Å²) in [6, 6.07) is 0.976. The number of aliphatic hydroxyl groups excluding tert-OH is 1. The molecule has 0 saturated carbocycles. The van der Waals surface area contributed by atoms with Gasteiger partial charge in [0.25, 0.3) is 0 Å². The summed E-state index contributed by atoms with van der Waals surface area (Å²) in [7, 11) is 0. The molecule has 0 aliphatic carbocycles. The lowest BCUT2D eigenvalue weighted by Crippen LogP contribution is -2.56. The molecule has 2 atom stereocenters. The maximum absolute atomic E-state index is 12.8. The number of hydrogen-bond acceptors (Lipinski definition) is 10. The minimum atomic E-state index is -0.338. The zero-order valence-corrected chi connectivity index (χ0v) is 42.4. The zero-order valence-electron chi connectivity index (χ0n) is 42.4. The van der Waals surface area contributed by atoms with Crippen LogP contribution in [0.4, 0.5) is 0 Å². The van der Waals surface area contributed by atoms with Gasteiger partial charge in [0, 0.05) is 57.8 Å². The molecule has 1 aliphatic rings. The number of nitrogens with zero attached hydrogens (tertiary/aromatic N) is 3. The summed E-state index contributed by atoms with van der Waals surface area (Å²) in [5.41, 5.74) is 0. The van der Waals surface area contributed by atoms with Crippen molar-refractivity contribution in [3.05, 3.63) is 0 Å². The molecule has 1 rings (SSSR count). The Balaban J connectivity index is 2.46. The minimum Gasteiger partial charge on any atom is -0.466 e. The Morgan fingerprint density at radius 3 is 1.37 bits per heavy atom.